The van der Waals surface area contributed by atoms with Gasteiger partial charge in [-0.3, -0.25) is 4.98 Å². The number of hydrogen-bond donors (Lipinski definition) is 1. The lowest BCUT2D eigenvalue weighted by Crippen LogP contribution is -2.35. The minimum atomic E-state index is 0.250. The van der Waals surface area contributed by atoms with E-state index in [2.05, 4.69) is 34.3 Å². The van der Waals surface area contributed by atoms with Crippen LogP contribution in [0.25, 0.3) is 10.9 Å². The predicted molar refractivity (Wildman–Crippen MR) is 132 cm³/mol. The average Bonchev–Trinajstić information content (AvgIpc) is 3.46. The Balaban J connectivity index is 1.39. The van der Waals surface area contributed by atoms with E-state index >= 15 is 0 Å². The number of benzene rings is 1. The zero-order valence-electron chi connectivity index (χ0n) is 20.2. The normalized spacial score (nSPS) is 21.8. The SMILES string of the molecule is COc1cc2c(N[C@@H]3COCCN(C)C3)c3c(nc2cc1OCCCN1CCCC1)CCC3. The van der Waals surface area contributed by atoms with E-state index in [9.17, 15) is 0 Å². The first kappa shape index (κ1) is 22.7. The van der Waals surface area contributed by atoms with Crippen molar-refractivity contribution in [3.05, 3.63) is 23.4 Å². The van der Waals surface area contributed by atoms with Gasteiger partial charge in [0, 0.05) is 42.5 Å². The van der Waals surface area contributed by atoms with Crippen LogP contribution < -0.4 is 14.8 Å². The van der Waals surface area contributed by atoms with E-state index in [0.29, 0.717) is 6.61 Å². The van der Waals surface area contributed by atoms with Gasteiger partial charge in [0.2, 0.25) is 0 Å². The van der Waals surface area contributed by atoms with E-state index in [1.165, 1.54) is 42.9 Å². The number of fused-ring (bicyclic) bond motifs is 2. The number of aryl methyl sites for hydroxylation is 1. The number of ether oxygens (including phenoxy) is 3. The molecule has 1 aliphatic carbocycles. The van der Waals surface area contributed by atoms with Crippen LogP contribution >= 0.6 is 0 Å². The molecule has 2 fully saturated rings. The van der Waals surface area contributed by atoms with E-state index in [1.807, 2.05) is 0 Å². The molecule has 1 aromatic heterocycles. The molecule has 2 aliphatic heterocycles. The van der Waals surface area contributed by atoms with Crippen LogP contribution in [-0.2, 0) is 17.6 Å². The first-order valence-corrected chi connectivity index (χ1v) is 12.6. The maximum Gasteiger partial charge on any atom is 0.163 e. The van der Waals surface area contributed by atoms with Gasteiger partial charge < -0.3 is 29.3 Å². The van der Waals surface area contributed by atoms with Crippen LogP contribution in [0.1, 0.15) is 36.9 Å². The summed E-state index contributed by atoms with van der Waals surface area (Å²) in [7, 11) is 3.88. The van der Waals surface area contributed by atoms with Crippen molar-refractivity contribution < 1.29 is 14.2 Å². The lowest BCUT2D eigenvalue weighted by atomic mass is 10.0. The molecule has 3 aliphatic rings. The fourth-order valence-electron chi connectivity index (χ4n) is 5.44. The second kappa shape index (κ2) is 10.5. The summed E-state index contributed by atoms with van der Waals surface area (Å²) < 4.78 is 17.8. The molecule has 1 aromatic carbocycles. The number of anilines is 1. The van der Waals surface area contributed by atoms with Crippen molar-refractivity contribution in [2.45, 2.75) is 44.6 Å². The third-order valence-corrected chi connectivity index (χ3v) is 7.19. The average molecular weight is 455 g/mol. The molecule has 7 nitrogen and oxygen atoms in total. The maximum absolute atomic E-state index is 6.20. The molecule has 3 heterocycles. The van der Waals surface area contributed by atoms with E-state index < -0.39 is 0 Å². The summed E-state index contributed by atoms with van der Waals surface area (Å²) >= 11 is 0. The zero-order chi connectivity index (χ0) is 22.6. The smallest absolute Gasteiger partial charge is 0.163 e. The van der Waals surface area contributed by atoms with Crippen molar-refractivity contribution in [3.63, 3.8) is 0 Å². The van der Waals surface area contributed by atoms with E-state index in [0.717, 1.165) is 80.9 Å². The van der Waals surface area contributed by atoms with E-state index in [4.69, 9.17) is 19.2 Å². The van der Waals surface area contributed by atoms with Crippen LogP contribution in [0.3, 0.4) is 0 Å². The van der Waals surface area contributed by atoms with Crippen molar-refractivity contribution >= 4 is 16.6 Å². The van der Waals surface area contributed by atoms with Crippen LogP contribution in [0.4, 0.5) is 5.69 Å². The molecule has 2 aromatic rings. The van der Waals surface area contributed by atoms with Gasteiger partial charge in [0.25, 0.3) is 0 Å². The Bertz CT molecular complexity index is 960. The van der Waals surface area contributed by atoms with Crippen LogP contribution in [0.15, 0.2) is 12.1 Å². The Labute approximate surface area is 197 Å². The van der Waals surface area contributed by atoms with Crippen molar-refractivity contribution in [2.24, 2.45) is 0 Å². The van der Waals surface area contributed by atoms with Gasteiger partial charge in [0.05, 0.1) is 38.5 Å². The Morgan fingerprint density at radius 3 is 2.85 bits per heavy atom. The minimum Gasteiger partial charge on any atom is -0.493 e. The molecule has 0 saturated carbocycles. The number of rotatable bonds is 8. The van der Waals surface area contributed by atoms with E-state index in [1.54, 1.807) is 7.11 Å². The van der Waals surface area contributed by atoms with Gasteiger partial charge in [0.1, 0.15) is 0 Å². The topological polar surface area (TPSA) is 59.1 Å². The lowest BCUT2D eigenvalue weighted by molar-refractivity contribution is 0.140. The van der Waals surface area contributed by atoms with Gasteiger partial charge in [-0.05, 0) is 70.3 Å². The van der Waals surface area contributed by atoms with Crippen molar-refractivity contribution in [3.8, 4) is 11.5 Å². The molecule has 0 spiro atoms. The number of nitrogens with zero attached hydrogens (tertiary/aromatic N) is 3. The van der Waals surface area contributed by atoms with Gasteiger partial charge in [-0.2, -0.15) is 0 Å². The number of methoxy groups -OCH3 is 1. The number of likely N-dealkylation sites (tertiary alicyclic amines) is 1. The second-order valence-electron chi connectivity index (χ2n) is 9.72. The number of likely N-dealkylation sites (N-methyl/N-ethyl adjacent to an activating group) is 1. The molecule has 7 heteroatoms. The van der Waals surface area contributed by atoms with Crippen LogP contribution in [0.5, 0.6) is 11.5 Å². The second-order valence-corrected chi connectivity index (χ2v) is 9.72. The maximum atomic E-state index is 6.20. The van der Waals surface area contributed by atoms with Gasteiger partial charge in [0.15, 0.2) is 11.5 Å². The summed E-state index contributed by atoms with van der Waals surface area (Å²) in [6.07, 6.45) is 6.95. The first-order chi connectivity index (χ1) is 16.2. The third-order valence-electron chi connectivity index (χ3n) is 7.19. The molecule has 0 radical (unpaired) electrons. The Morgan fingerprint density at radius 1 is 1.12 bits per heavy atom. The molecule has 2 saturated heterocycles. The van der Waals surface area contributed by atoms with Crippen LogP contribution in [-0.4, -0.2) is 87.5 Å². The lowest BCUT2D eigenvalue weighted by Gasteiger charge is -2.24. The fourth-order valence-corrected chi connectivity index (χ4v) is 5.44. The minimum absolute atomic E-state index is 0.250. The molecule has 1 N–H and O–H groups in total. The Hall–Kier alpha value is -2.09. The van der Waals surface area contributed by atoms with Crippen LogP contribution in [0.2, 0.25) is 0 Å². The highest BCUT2D eigenvalue weighted by Crippen LogP contribution is 2.40. The zero-order valence-corrected chi connectivity index (χ0v) is 20.2. The highest BCUT2D eigenvalue weighted by molar-refractivity contribution is 5.96. The first-order valence-electron chi connectivity index (χ1n) is 12.6. The van der Waals surface area contributed by atoms with Gasteiger partial charge in [-0.1, -0.05) is 0 Å². The van der Waals surface area contributed by atoms with Crippen LogP contribution in [0, 0.1) is 0 Å². The largest absolute Gasteiger partial charge is 0.493 e. The summed E-state index contributed by atoms with van der Waals surface area (Å²) in [5.41, 5.74) is 4.76. The summed E-state index contributed by atoms with van der Waals surface area (Å²) in [6.45, 7) is 7.70. The fraction of sp³-hybridized carbons (Fsp3) is 0.654. The molecule has 0 bridgehead atoms. The summed E-state index contributed by atoms with van der Waals surface area (Å²) in [4.78, 5) is 9.91. The number of aromatic nitrogens is 1. The van der Waals surface area contributed by atoms with Crippen molar-refractivity contribution in [1.82, 2.24) is 14.8 Å². The van der Waals surface area contributed by atoms with Gasteiger partial charge in [-0.25, -0.2) is 0 Å². The highest BCUT2D eigenvalue weighted by atomic mass is 16.5. The number of pyridine rings is 1. The number of hydrogen-bond acceptors (Lipinski definition) is 7. The quantitative estimate of drug-likeness (QED) is 0.614. The van der Waals surface area contributed by atoms with Gasteiger partial charge in [-0.15, -0.1) is 0 Å². The third kappa shape index (κ3) is 5.20. The molecular formula is C26H38N4O3. The molecule has 0 unspecified atom stereocenters. The molecule has 33 heavy (non-hydrogen) atoms. The Morgan fingerprint density at radius 2 is 2.00 bits per heavy atom. The van der Waals surface area contributed by atoms with Gasteiger partial charge >= 0.3 is 0 Å². The summed E-state index contributed by atoms with van der Waals surface area (Å²) in [5, 5.41) is 4.96. The predicted octanol–water partition coefficient (Wildman–Crippen LogP) is 3.34. The molecule has 1 atom stereocenters. The molecule has 5 rings (SSSR count). The van der Waals surface area contributed by atoms with Crippen molar-refractivity contribution in [2.75, 3.05) is 72.0 Å². The van der Waals surface area contributed by atoms with E-state index in [-0.39, 0.29) is 6.04 Å². The highest BCUT2D eigenvalue weighted by Gasteiger charge is 2.24. The molecule has 0 amide bonds. The summed E-state index contributed by atoms with van der Waals surface area (Å²) in [5.74, 6) is 1.57. The standard InChI is InChI=1S/C26H38N4O3/c1-29-12-14-32-18-19(17-29)27-26-20-7-5-8-22(20)28-23-16-25(24(31-2)15-21(23)26)33-13-6-11-30-9-3-4-10-30/h15-16,19H,3-14,17-18H2,1-2H3,(H,27,28)/t19-/m0/s1. The summed E-state index contributed by atoms with van der Waals surface area (Å²) in [6, 6.07) is 4.43. The molecular weight excluding hydrogens is 416 g/mol. The van der Waals surface area contributed by atoms with Crippen molar-refractivity contribution in [1.29, 1.82) is 0 Å². The number of nitrogens with one attached hydrogen (secondary N) is 1. The Kier molecular flexibility index (Phi) is 7.19. The monoisotopic (exact) mass is 454 g/mol. The molecule has 180 valence electrons.